The van der Waals surface area contributed by atoms with Crippen molar-refractivity contribution in [2.75, 3.05) is 20.5 Å². The molecule has 23 heavy (non-hydrogen) atoms. The van der Waals surface area contributed by atoms with Crippen molar-refractivity contribution in [3.05, 3.63) is 24.3 Å². The molecule has 1 heterocycles. The summed E-state index contributed by atoms with van der Waals surface area (Å²) in [6, 6.07) is 7.13. The number of ether oxygens (including phenoxy) is 5. The average Bonchev–Trinajstić information content (AvgIpc) is 2.82. The van der Waals surface area contributed by atoms with Gasteiger partial charge < -0.3 is 23.7 Å². The molecule has 2 aliphatic rings. The van der Waals surface area contributed by atoms with Crippen LogP contribution >= 0.6 is 0 Å². The number of fused-ring (bicyclic) bond motifs is 1. The molecule has 1 saturated heterocycles. The van der Waals surface area contributed by atoms with Gasteiger partial charge in [0.25, 0.3) is 0 Å². The Hall–Kier alpha value is -1.63. The van der Waals surface area contributed by atoms with Gasteiger partial charge in [-0.2, -0.15) is 0 Å². The van der Waals surface area contributed by atoms with Crippen LogP contribution in [0.2, 0.25) is 0 Å². The summed E-state index contributed by atoms with van der Waals surface area (Å²) in [5.74, 6) is 0.471. The van der Waals surface area contributed by atoms with Crippen LogP contribution in [-0.2, 0) is 19.0 Å². The third-order valence-electron chi connectivity index (χ3n) is 4.13. The van der Waals surface area contributed by atoms with Crippen LogP contribution in [0.1, 0.15) is 26.7 Å². The number of methoxy groups -OCH3 is 1. The van der Waals surface area contributed by atoms with Crippen LogP contribution in [0.25, 0.3) is 0 Å². The molecule has 6 heteroatoms. The summed E-state index contributed by atoms with van der Waals surface area (Å²) < 4.78 is 28.0. The van der Waals surface area contributed by atoms with Gasteiger partial charge in [-0.1, -0.05) is 6.07 Å². The molecule has 2 atom stereocenters. The highest BCUT2D eigenvalue weighted by Crippen LogP contribution is 2.41. The van der Waals surface area contributed by atoms with Gasteiger partial charge in [-0.05, 0) is 32.4 Å². The SMILES string of the molecule is COCOc1cccc(O[C@]23COC(C)(C)O[C@H]2CCC3=O)c1. The maximum Gasteiger partial charge on any atom is 0.216 e. The molecule has 1 aliphatic carbocycles. The molecule has 2 fully saturated rings. The number of hydrogen-bond acceptors (Lipinski definition) is 6. The topological polar surface area (TPSA) is 63.2 Å². The first kappa shape index (κ1) is 16.2. The fraction of sp³-hybridized carbons (Fsp3) is 0.588. The zero-order chi connectivity index (χ0) is 16.5. The molecular formula is C17H22O6. The van der Waals surface area contributed by atoms with E-state index in [1.807, 2.05) is 13.8 Å². The number of carbonyl (C=O) groups is 1. The van der Waals surface area contributed by atoms with E-state index in [1.165, 1.54) is 0 Å². The Morgan fingerprint density at radius 3 is 2.87 bits per heavy atom. The fourth-order valence-corrected chi connectivity index (χ4v) is 2.99. The van der Waals surface area contributed by atoms with Crippen molar-refractivity contribution >= 4 is 5.78 Å². The summed E-state index contributed by atoms with van der Waals surface area (Å²) in [7, 11) is 1.56. The predicted octanol–water partition coefficient (Wildman–Crippen LogP) is 2.30. The van der Waals surface area contributed by atoms with Gasteiger partial charge >= 0.3 is 0 Å². The zero-order valence-corrected chi connectivity index (χ0v) is 13.7. The second-order valence-corrected chi connectivity index (χ2v) is 6.27. The molecule has 0 N–H and O–H groups in total. The van der Waals surface area contributed by atoms with Crippen molar-refractivity contribution in [2.45, 2.75) is 44.2 Å². The van der Waals surface area contributed by atoms with Crippen molar-refractivity contribution in [1.82, 2.24) is 0 Å². The minimum atomic E-state index is -1.07. The van der Waals surface area contributed by atoms with Crippen LogP contribution in [0.4, 0.5) is 0 Å². The Morgan fingerprint density at radius 1 is 1.30 bits per heavy atom. The molecule has 0 spiro atoms. The highest BCUT2D eigenvalue weighted by Gasteiger charge is 2.58. The highest BCUT2D eigenvalue weighted by molar-refractivity contribution is 5.91. The second-order valence-electron chi connectivity index (χ2n) is 6.27. The normalized spacial score (nSPS) is 29.2. The Kier molecular flexibility index (Phi) is 4.31. The molecule has 126 valence electrons. The second kappa shape index (κ2) is 6.11. The summed E-state index contributed by atoms with van der Waals surface area (Å²) in [6.45, 7) is 4.03. The fourth-order valence-electron chi connectivity index (χ4n) is 2.99. The molecule has 0 radical (unpaired) electrons. The van der Waals surface area contributed by atoms with Crippen LogP contribution in [0.3, 0.4) is 0 Å². The Balaban J connectivity index is 1.81. The largest absolute Gasteiger partial charge is 0.474 e. The monoisotopic (exact) mass is 322 g/mol. The maximum absolute atomic E-state index is 12.5. The van der Waals surface area contributed by atoms with Crippen molar-refractivity contribution in [3.63, 3.8) is 0 Å². The highest BCUT2D eigenvalue weighted by atomic mass is 16.7. The lowest BCUT2D eigenvalue weighted by molar-refractivity contribution is -0.313. The van der Waals surface area contributed by atoms with Gasteiger partial charge in [0, 0.05) is 19.6 Å². The molecule has 0 aromatic heterocycles. The lowest BCUT2D eigenvalue weighted by Gasteiger charge is -2.44. The number of ketones is 1. The van der Waals surface area contributed by atoms with Gasteiger partial charge in [0.05, 0.1) is 6.61 Å². The Morgan fingerprint density at radius 2 is 2.09 bits per heavy atom. The minimum absolute atomic E-state index is 0.0150. The van der Waals surface area contributed by atoms with Crippen LogP contribution in [0, 0.1) is 0 Å². The van der Waals surface area contributed by atoms with E-state index < -0.39 is 11.4 Å². The van der Waals surface area contributed by atoms with Gasteiger partial charge in [0.1, 0.15) is 17.6 Å². The summed E-state index contributed by atoms with van der Waals surface area (Å²) in [6.07, 6.45) is 0.775. The number of carbonyl (C=O) groups excluding carboxylic acids is 1. The van der Waals surface area contributed by atoms with Crippen molar-refractivity contribution in [1.29, 1.82) is 0 Å². The summed E-state index contributed by atoms with van der Waals surface area (Å²) in [4.78, 5) is 12.5. The number of hydrogen-bond donors (Lipinski definition) is 0. The average molecular weight is 322 g/mol. The number of rotatable bonds is 5. The smallest absolute Gasteiger partial charge is 0.216 e. The van der Waals surface area contributed by atoms with Gasteiger partial charge in [0.2, 0.25) is 5.60 Å². The van der Waals surface area contributed by atoms with Crippen molar-refractivity contribution < 1.29 is 28.5 Å². The lowest BCUT2D eigenvalue weighted by atomic mass is 9.97. The zero-order valence-electron chi connectivity index (χ0n) is 13.7. The van der Waals surface area contributed by atoms with Crippen molar-refractivity contribution in [3.8, 4) is 11.5 Å². The standard InChI is InChI=1S/C17H22O6/c1-16(2)21-10-17(14(18)7-8-15(17)23-16)22-13-6-4-5-12(9-13)20-11-19-3/h4-6,9,15H,7-8,10-11H2,1-3H3/t15-,17-/m0/s1. The van der Waals surface area contributed by atoms with E-state index in [0.29, 0.717) is 24.3 Å². The van der Waals surface area contributed by atoms with E-state index in [1.54, 1.807) is 31.4 Å². The molecule has 1 aliphatic heterocycles. The number of Topliss-reactive ketones (excluding diaryl/α,β-unsaturated/α-hetero) is 1. The maximum atomic E-state index is 12.5. The number of benzene rings is 1. The van der Waals surface area contributed by atoms with Crippen LogP contribution in [0.15, 0.2) is 24.3 Å². The summed E-state index contributed by atoms with van der Waals surface area (Å²) in [5.41, 5.74) is -1.07. The molecule has 1 aromatic carbocycles. The summed E-state index contributed by atoms with van der Waals surface area (Å²) >= 11 is 0. The van der Waals surface area contributed by atoms with Crippen LogP contribution in [-0.4, -0.2) is 43.8 Å². The molecule has 6 nitrogen and oxygen atoms in total. The third-order valence-corrected chi connectivity index (χ3v) is 4.13. The van der Waals surface area contributed by atoms with E-state index in [4.69, 9.17) is 23.7 Å². The van der Waals surface area contributed by atoms with Gasteiger partial charge in [-0.3, -0.25) is 4.79 Å². The molecular weight excluding hydrogens is 300 g/mol. The molecule has 0 unspecified atom stereocenters. The van der Waals surface area contributed by atoms with Crippen LogP contribution in [0.5, 0.6) is 11.5 Å². The Bertz CT molecular complexity index is 584. The first-order valence-electron chi connectivity index (χ1n) is 7.71. The van der Waals surface area contributed by atoms with Gasteiger partial charge in [-0.15, -0.1) is 0 Å². The van der Waals surface area contributed by atoms with Crippen molar-refractivity contribution in [2.24, 2.45) is 0 Å². The molecule has 1 saturated carbocycles. The van der Waals surface area contributed by atoms with E-state index in [2.05, 4.69) is 0 Å². The summed E-state index contributed by atoms with van der Waals surface area (Å²) in [5, 5.41) is 0. The molecule has 0 amide bonds. The Labute approximate surface area is 135 Å². The first-order chi connectivity index (χ1) is 11.0. The van der Waals surface area contributed by atoms with E-state index >= 15 is 0 Å². The first-order valence-corrected chi connectivity index (χ1v) is 7.71. The van der Waals surface area contributed by atoms with E-state index in [-0.39, 0.29) is 25.3 Å². The molecule has 0 bridgehead atoms. The van der Waals surface area contributed by atoms with Gasteiger partial charge in [0.15, 0.2) is 18.4 Å². The predicted molar refractivity (Wildman–Crippen MR) is 81.5 cm³/mol. The van der Waals surface area contributed by atoms with Crippen LogP contribution < -0.4 is 9.47 Å². The van der Waals surface area contributed by atoms with Gasteiger partial charge in [-0.25, -0.2) is 0 Å². The lowest BCUT2D eigenvalue weighted by Crippen LogP contribution is -2.61. The quantitative estimate of drug-likeness (QED) is 0.775. The van der Waals surface area contributed by atoms with E-state index in [0.717, 1.165) is 0 Å². The van der Waals surface area contributed by atoms with E-state index in [9.17, 15) is 4.79 Å². The third kappa shape index (κ3) is 3.20. The minimum Gasteiger partial charge on any atom is -0.474 e. The molecule has 3 rings (SSSR count). The molecule has 1 aromatic rings.